The van der Waals surface area contributed by atoms with Gasteiger partial charge in [-0.1, -0.05) is 81.6 Å². The largest absolute Gasteiger partial charge is 0.0776 e. The average molecular weight is 202 g/mol. The second-order valence-electron chi connectivity index (χ2n) is 4.65. The maximum atomic E-state index is 2.30. The molecule has 0 radical (unpaired) electrons. The van der Waals surface area contributed by atoms with Crippen LogP contribution in [0.25, 0.3) is 0 Å². The Hall–Kier alpha value is 0. The minimum atomic E-state index is 0. The maximum absolute atomic E-state index is 2.30. The van der Waals surface area contributed by atoms with E-state index >= 15 is 0 Å². The van der Waals surface area contributed by atoms with Crippen LogP contribution in [0.1, 0.15) is 81.6 Å². The SMILES string of the molecule is C.CC(C)C.CCC(CC)(CC)CC. The maximum Gasteiger partial charge on any atom is -0.0308 e. The van der Waals surface area contributed by atoms with Crippen LogP contribution in [0.5, 0.6) is 0 Å². The van der Waals surface area contributed by atoms with Crippen molar-refractivity contribution in [1.82, 2.24) is 0 Å². The van der Waals surface area contributed by atoms with Crippen LogP contribution >= 0.6 is 0 Å². The summed E-state index contributed by atoms with van der Waals surface area (Å²) in [5.41, 5.74) is 0.667. The predicted molar refractivity (Wildman–Crippen MR) is 70.8 cm³/mol. The van der Waals surface area contributed by atoms with Gasteiger partial charge in [0.1, 0.15) is 0 Å². The van der Waals surface area contributed by atoms with Crippen molar-refractivity contribution < 1.29 is 0 Å². The molecule has 0 aliphatic carbocycles. The van der Waals surface area contributed by atoms with E-state index in [0.29, 0.717) is 5.41 Å². The van der Waals surface area contributed by atoms with E-state index < -0.39 is 0 Å². The van der Waals surface area contributed by atoms with Crippen LogP contribution in [0.3, 0.4) is 0 Å². The molecule has 0 bridgehead atoms. The molecule has 0 fully saturated rings. The molecule has 0 aromatic heterocycles. The molecule has 0 aliphatic heterocycles. The molecule has 0 amide bonds. The van der Waals surface area contributed by atoms with Crippen LogP contribution in [-0.4, -0.2) is 0 Å². The second kappa shape index (κ2) is 11.1. The lowest BCUT2D eigenvalue weighted by atomic mass is 9.78. The summed E-state index contributed by atoms with van der Waals surface area (Å²) in [4.78, 5) is 0. The van der Waals surface area contributed by atoms with Crippen molar-refractivity contribution in [2.75, 3.05) is 0 Å². The Kier molecular flexibility index (Phi) is 15.5. The van der Waals surface area contributed by atoms with Crippen molar-refractivity contribution in [3.8, 4) is 0 Å². The van der Waals surface area contributed by atoms with E-state index in [-0.39, 0.29) is 7.43 Å². The van der Waals surface area contributed by atoms with Gasteiger partial charge in [0.2, 0.25) is 0 Å². The quantitative estimate of drug-likeness (QED) is 0.531. The minimum Gasteiger partial charge on any atom is -0.0776 e. The van der Waals surface area contributed by atoms with Crippen molar-refractivity contribution in [3.63, 3.8) is 0 Å². The Balaban J connectivity index is -0.000000209. The summed E-state index contributed by atoms with van der Waals surface area (Å²) in [5.74, 6) is 0.833. The van der Waals surface area contributed by atoms with Gasteiger partial charge in [-0.2, -0.15) is 0 Å². The van der Waals surface area contributed by atoms with Gasteiger partial charge in [0.05, 0.1) is 0 Å². The first kappa shape index (κ1) is 19.6. The van der Waals surface area contributed by atoms with E-state index in [1.165, 1.54) is 25.7 Å². The fourth-order valence-electron chi connectivity index (χ4n) is 1.50. The van der Waals surface area contributed by atoms with Crippen molar-refractivity contribution in [1.29, 1.82) is 0 Å². The zero-order valence-electron chi connectivity index (χ0n) is 10.9. The normalized spacial score (nSPS) is 10.3. The molecule has 0 saturated carbocycles. The highest BCUT2D eigenvalue weighted by Crippen LogP contribution is 2.33. The summed E-state index contributed by atoms with van der Waals surface area (Å²) in [7, 11) is 0. The Labute approximate surface area is 93.5 Å². The van der Waals surface area contributed by atoms with Crippen molar-refractivity contribution >= 4 is 0 Å². The van der Waals surface area contributed by atoms with E-state index in [1.807, 2.05) is 0 Å². The smallest absolute Gasteiger partial charge is 0.0308 e. The highest BCUT2D eigenvalue weighted by Gasteiger charge is 2.20. The molecule has 0 nitrogen and oxygen atoms in total. The molecule has 0 aromatic rings. The van der Waals surface area contributed by atoms with Gasteiger partial charge in [-0.15, -0.1) is 0 Å². The van der Waals surface area contributed by atoms with Gasteiger partial charge < -0.3 is 0 Å². The summed E-state index contributed by atoms with van der Waals surface area (Å²) in [6, 6.07) is 0. The van der Waals surface area contributed by atoms with Crippen LogP contribution in [0.2, 0.25) is 0 Å². The van der Waals surface area contributed by atoms with Gasteiger partial charge in [0, 0.05) is 0 Å². The van der Waals surface area contributed by atoms with Gasteiger partial charge in [-0.3, -0.25) is 0 Å². The Bertz CT molecular complexity index is 67.9. The third-order valence-electron chi connectivity index (χ3n) is 3.00. The van der Waals surface area contributed by atoms with E-state index in [9.17, 15) is 0 Å². The first-order valence-electron chi connectivity index (χ1n) is 5.97. The zero-order chi connectivity index (χ0) is 10.9. The molecule has 0 N–H and O–H groups in total. The van der Waals surface area contributed by atoms with Gasteiger partial charge >= 0.3 is 0 Å². The lowest BCUT2D eigenvalue weighted by Gasteiger charge is -2.28. The fourth-order valence-corrected chi connectivity index (χ4v) is 1.50. The summed E-state index contributed by atoms with van der Waals surface area (Å²) in [6.45, 7) is 15.7. The van der Waals surface area contributed by atoms with Crippen LogP contribution in [0.4, 0.5) is 0 Å². The molecule has 0 unspecified atom stereocenters. The first-order valence-corrected chi connectivity index (χ1v) is 5.97. The third kappa shape index (κ3) is 10.1. The molecule has 0 heterocycles. The van der Waals surface area contributed by atoms with Crippen molar-refractivity contribution in [2.24, 2.45) is 11.3 Å². The molecular weight excluding hydrogens is 168 g/mol. The Morgan fingerprint density at radius 2 is 0.857 bits per heavy atom. The highest BCUT2D eigenvalue weighted by atomic mass is 14.3. The summed E-state index contributed by atoms with van der Waals surface area (Å²) in [6.07, 6.45) is 5.38. The van der Waals surface area contributed by atoms with Gasteiger partial charge in [-0.05, 0) is 11.3 Å². The Morgan fingerprint density at radius 1 is 0.714 bits per heavy atom. The topological polar surface area (TPSA) is 0 Å². The fraction of sp³-hybridized carbons (Fsp3) is 1.00. The summed E-state index contributed by atoms with van der Waals surface area (Å²) in [5, 5.41) is 0. The third-order valence-corrected chi connectivity index (χ3v) is 3.00. The lowest BCUT2D eigenvalue weighted by Crippen LogP contribution is -2.15. The van der Waals surface area contributed by atoms with E-state index in [4.69, 9.17) is 0 Å². The molecule has 90 valence electrons. The van der Waals surface area contributed by atoms with Crippen LogP contribution in [0, 0.1) is 11.3 Å². The van der Waals surface area contributed by atoms with Crippen molar-refractivity contribution in [2.45, 2.75) is 81.6 Å². The average Bonchev–Trinajstić information content (AvgIpc) is 2.09. The van der Waals surface area contributed by atoms with E-state index in [1.54, 1.807) is 0 Å². The first-order chi connectivity index (χ1) is 5.97. The summed E-state index contributed by atoms with van der Waals surface area (Å²) >= 11 is 0. The van der Waals surface area contributed by atoms with Crippen molar-refractivity contribution in [3.05, 3.63) is 0 Å². The lowest BCUT2D eigenvalue weighted by molar-refractivity contribution is 0.240. The Morgan fingerprint density at radius 3 is 0.857 bits per heavy atom. The molecular formula is C14H34. The number of hydrogen-bond acceptors (Lipinski definition) is 0. The van der Waals surface area contributed by atoms with Crippen LogP contribution in [-0.2, 0) is 0 Å². The van der Waals surface area contributed by atoms with E-state index in [0.717, 1.165) is 5.92 Å². The molecule has 0 heteroatoms. The summed E-state index contributed by atoms with van der Waals surface area (Å²) < 4.78 is 0. The van der Waals surface area contributed by atoms with Gasteiger partial charge in [0.15, 0.2) is 0 Å². The zero-order valence-corrected chi connectivity index (χ0v) is 10.9. The standard InChI is InChI=1S/C9H20.C4H10.CH4/c1-5-9(6-2,7-3)8-4;1-4(2)3;/h5-8H2,1-4H3;4H,1-3H3;1H4. The molecule has 0 spiro atoms. The molecule has 0 rings (SSSR count). The van der Waals surface area contributed by atoms with Crippen LogP contribution in [0.15, 0.2) is 0 Å². The molecule has 0 aromatic carbocycles. The molecule has 0 atom stereocenters. The second-order valence-corrected chi connectivity index (χ2v) is 4.65. The number of rotatable bonds is 4. The highest BCUT2D eigenvalue weighted by molar-refractivity contribution is 4.72. The number of hydrogen-bond donors (Lipinski definition) is 0. The van der Waals surface area contributed by atoms with E-state index in [2.05, 4.69) is 48.5 Å². The van der Waals surface area contributed by atoms with Gasteiger partial charge in [-0.25, -0.2) is 0 Å². The molecule has 0 saturated heterocycles. The minimum absolute atomic E-state index is 0. The monoisotopic (exact) mass is 202 g/mol. The van der Waals surface area contributed by atoms with Gasteiger partial charge in [0.25, 0.3) is 0 Å². The molecule has 14 heavy (non-hydrogen) atoms. The molecule has 0 aliphatic rings. The predicted octanol–water partition coefficient (Wildman–Crippen LogP) is 5.91. The van der Waals surface area contributed by atoms with Crippen LogP contribution < -0.4 is 0 Å².